The van der Waals surface area contributed by atoms with Crippen molar-refractivity contribution >= 4 is 15.9 Å². The van der Waals surface area contributed by atoms with E-state index in [0.29, 0.717) is 24.2 Å². The van der Waals surface area contributed by atoms with Gasteiger partial charge < -0.3 is 10.5 Å². The van der Waals surface area contributed by atoms with Crippen molar-refractivity contribution in [2.24, 2.45) is 5.73 Å². The molecule has 0 atom stereocenters. The lowest BCUT2D eigenvalue weighted by Crippen LogP contribution is -2.06. The SMILES string of the molecule is NCCc1cc(F)c(OCc2ccc(Br)cn2)c(F)c1. The molecule has 106 valence electrons. The van der Waals surface area contributed by atoms with Crippen LogP contribution >= 0.6 is 15.9 Å². The Balaban J connectivity index is 2.11. The fourth-order valence-electron chi connectivity index (χ4n) is 1.70. The maximum absolute atomic E-state index is 13.8. The normalized spacial score (nSPS) is 10.6. The van der Waals surface area contributed by atoms with Crippen LogP contribution in [0.3, 0.4) is 0 Å². The molecule has 6 heteroatoms. The Morgan fingerprint density at radius 2 is 1.90 bits per heavy atom. The summed E-state index contributed by atoms with van der Waals surface area (Å²) in [5.74, 6) is -1.85. The molecule has 0 bridgehead atoms. The largest absolute Gasteiger partial charge is 0.481 e. The van der Waals surface area contributed by atoms with Gasteiger partial charge in [-0.15, -0.1) is 0 Å². The van der Waals surface area contributed by atoms with Gasteiger partial charge in [0.15, 0.2) is 17.4 Å². The van der Waals surface area contributed by atoms with Gasteiger partial charge in [-0.25, -0.2) is 8.78 Å². The lowest BCUT2D eigenvalue weighted by atomic mass is 10.1. The van der Waals surface area contributed by atoms with Crippen molar-refractivity contribution in [1.82, 2.24) is 4.98 Å². The molecule has 20 heavy (non-hydrogen) atoms. The van der Waals surface area contributed by atoms with E-state index in [1.807, 2.05) is 0 Å². The average Bonchev–Trinajstić information content (AvgIpc) is 2.40. The third kappa shape index (κ3) is 3.74. The number of aromatic nitrogens is 1. The van der Waals surface area contributed by atoms with E-state index in [-0.39, 0.29) is 6.61 Å². The molecule has 0 saturated carbocycles. The van der Waals surface area contributed by atoms with Gasteiger partial charge in [-0.1, -0.05) is 0 Å². The molecule has 0 saturated heterocycles. The van der Waals surface area contributed by atoms with Gasteiger partial charge in [0.05, 0.1) is 5.69 Å². The topological polar surface area (TPSA) is 48.1 Å². The highest BCUT2D eigenvalue weighted by molar-refractivity contribution is 9.10. The van der Waals surface area contributed by atoms with E-state index >= 15 is 0 Å². The highest BCUT2D eigenvalue weighted by Gasteiger charge is 2.13. The van der Waals surface area contributed by atoms with Crippen molar-refractivity contribution in [3.8, 4) is 5.75 Å². The summed E-state index contributed by atoms with van der Waals surface area (Å²) in [6, 6.07) is 5.96. The molecule has 1 heterocycles. The molecule has 3 nitrogen and oxygen atoms in total. The van der Waals surface area contributed by atoms with Crippen LogP contribution < -0.4 is 10.5 Å². The fourth-order valence-corrected chi connectivity index (χ4v) is 1.93. The third-order valence-corrected chi connectivity index (χ3v) is 3.11. The Labute approximate surface area is 123 Å². The van der Waals surface area contributed by atoms with E-state index in [1.54, 1.807) is 18.3 Å². The highest BCUT2D eigenvalue weighted by atomic mass is 79.9. The standard InChI is InChI=1S/C14H13BrF2N2O/c15-10-1-2-11(19-7-10)8-20-14-12(16)5-9(3-4-18)6-13(14)17/h1-2,5-7H,3-4,8,18H2. The monoisotopic (exact) mass is 342 g/mol. The maximum Gasteiger partial charge on any atom is 0.191 e. The summed E-state index contributed by atoms with van der Waals surface area (Å²) >= 11 is 3.25. The van der Waals surface area contributed by atoms with Crippen LogP contribution in [0.2, 0.25) is 0 Å². The molecule has 2 rings (SSSR count). The summed E-state index contributed by atoms with van der Waals surface area (Å²) in [6.45, 7) is 0.333. The number of hydrogen-bond acceptors (Lipinski definition) is 3. The van der Waals surface area contributed by atoms with Gasteiger partial charge in [-0.05, 0) is 58.7 Å². The summed E-state index contributed by atoms with van der Waals surface area (Å²) in [4.78, 5) is 4.07. The molecule has 0 unspecified atom stereocenters. The number of rotatable bonds is 5. The Morgan fingerprint density at radius 3 is 2.45 bits per heavy atom. The zero-order valence-electron chi connectivity index (χ0n) is 10.6. The summed E-state index contributed by atoms with van der Waals surface area (Å²) < 4.78 is 33.5. The van der Waals surface area contributed by atoms with E-state index in [1.165, 1.54) is 12.1 Å². The molecule has 2 aromatic rings. The van der Waals surface area contributed by atoms with Crippen molar-refractivity contribution in [2.45, 2.75) is 13.0 Å². The number of ether oxygens (including phenoxy) is 1. The van der Waals surface area contributed by atoms with Gasteiger partial charge in [0.25, 0.3) is 0 Å². The fraction of sp³-hybridized carbons (Fsp3) is 0.214. The molecular formula is C14H13BrF2N2O. The van der Waals surface area contributed by atoms with Crippen LogP contribution in [0, 0.1) is 11.6 Å². The van der Waals surface area contributed by atoms with Crippen LogP contribution in [0.5, 0.6) is 5.75 Å². The molecule has 2 N–H and O–H groups in total. The van der Waals surface area contributed by atoms with Crippen LogP contribution in [0.25, 0.3) is 0 Å². The van der Waals surface area contributed by atoms with Gasteiger partial charge >= 0.3 is 0 Å². The molecule has 0 amide bonds. The van der Waals surface area contributed by atoms with Crippen LogP contribution in [0.1, 0.15) is 11.3 Å². The van der Waals surface area contributed by atoms with Crippen LogP contribution in [-0.2, 0) is 13.0 Å². The third-order valence-electron chi connectivity index (χ3n) is 2.64. The molecule has 1 aromatic carbocycles. The Morgan fingerprint density at radius 1 is 1.20 bits per heavy atom. The quantitative estimate of drug-likeness (QED) is 0.907. The Bertz CT molecular complexity index is 567. The number of hydrogen-bond donors (Lipinski definition) is 1. The average molecular weight is 343 g/mol. The lowest BCUT2D eigenvalue weighted by Gasteiger charge is -2.09. The van der Waals surface area contributed by atoms with Gasteiger partial charge in [0, 0.05) is 10.7 Å². The van der Waals surface area contributed by atoms with Crippen LogP contribution in [-0.4, -0.2) is 11.5 Å². The predicted octanol–water partition coefficient (Wildman–Crippen LogP) is 3.20. The van der Waals surface area contributed by atoms with Gasteiger partial charge in [0.2, 0.25) is 0 Å². The lowest BCUT2D eigenvalue weighted by molar-refractivity contribution is 0.270. The molecule has 0 aliphatic heterocycles. The number of benzene rings is 1. The number of pyridine rings is 1. The second kappa shape index (κ2) is 6.76. The maximum atomic E-state index is 13.8. The first-order valence-corrected chi connectivity index (χ1v) is 6.80. The van der Waals surface area contributed by atoms with E-state index in [0.717, 1.165) is 4.47 Å². The van der Waals surface area contributed by atoms with Crippen molar-refractivity contribution in [1.29, 1.82) is 0 Å². The van der Waals surface area contributed by atoms with E-state index in [9.17, 15) is 8.78 Å². The smallest absolute Gasteiger partial charge is 0.191 e. The van der Waals surface area contributed by atoms with Gasteiger partial charge in [-0.3, -0.25) is 4.98 Å². The predicted molar refractivity (Wildman–Crippen MR) is 75.4 cm³/mol. The molecule has 0 spiro atoms. The zero-order chi connectivity index (χ0) is 14.5. The number of nitrogens with zero attached hydrogens (tertiary/aromatic N) is 1. The van der Waals surface area contributed by atoms with E-state index in [2.05, 4.69) is 20.9 Å². The number of halogens is 3. The minimum absolute atomic E-state index is 0.00262. The second-order valence-electron chi connectivity index (χ2n) is 4.18. The molecule has 0 aliphatic rings. The van der Waals surface area contributed by atoms with Crippen LogP contribution in [0.4, 0.5) is 8.78 Å². The van der Waals surface area contributed by atoms with Crippen molar-refractivity contribution in [3.63, 3.8) is 0 Å². The van der Waals surface area contributed by atoms with Crippen molar-refractivity contribution in [2.75, 3.05) is 6.54 Å². The summed E-state index contributed by atoms with van der Waals surface area (Å²) in [5, 5.41) is 0. The summed E-state index contributed by atoms with van der Waals surface area (Å²) in [5.41, 5.74) is 6.45. The minimum atomic E-state index is -0.731. The summed E-state index contributed by atoms with van der Waals surface area (Å²) in [6.07, 6.45) is 2.01. The van der Waals surface area contributed by atoms with Crippen molar-refractivity contribution in [3.05, 3.63) is 57.8 Å². The minimum Gasteiger partial charge on any atom is -0.481 e. The molecule has 0 radical (unpaired) electrons. The first kappa shape index (κ1) is 14.9. The van der Waals surface area contributed by atoms with Crippen molar-refractivity contribution < 1.29 is 13.5 Å². The first-order valence-electron chi connectivity index (χ1n) is 6.01. The Hall–Kier alpha value is -1.53. The van der Waals surface area contributed by atoms with Crippen LogP contribution in [0.15, 0.2) is 34.9 Å². The Kier molecular flexibility index (Phi) is 5.03. The van der Waals surface area contributed by atoms with E-state index < -0.39 is 17.4 Å². The molecule has 1 aromatic heterocycles. The summed E-state index contributed by atoms with van der Waals surface area (Å²) in [7, 11) is 0. The number of nitrogens with two attached hydrogens (primary N) is 1. The first-order chi connectivity index (χ1) is 9.60. The zero-order valence-corrected chi connectivity index (χ0v) is 12.2. The molecule has 0 fully saturated rings. The van der Waals surface area contributed by atoms with Gasteiger partial charge in [-0.2, -0.15) is 0 Å². The van der Waals surface area contributed by atoms with E-state index in [4.69, 9.17) is 10.5 Å². The molecule has 0 aliphatic carbocycles. The second-order valence-corrected chi connectivity index (χ2v) is 5.10. The van der Waals surface area contributed by atoms with Gasteiger partial charge in [0.1, 0.15) is 6.61 Å². The highest BCUT2D eigenvalue weighted by Crippen LogP contribution is 2.24. The molecular weight excluding hydrogens is 330 g/mol.